The predicted octanol–water partition coefficient (Wildman–Crippen LogP) is 3.71. The van der Waals surface area contributed by atoms with E-state index in [1.165, 1.54) is 0 Å². The minimum atomic E-state index is 0.355. The second kappa shape index (κ2) is 7.19. The van der Waals surface area contributed by atoms with Crippen LogP contribution in [0.3, 0.4) is 0 Å². The van der Waals surface area contributed by atoms with Crippen LogP contribution in [-0.4, -0.2) is 16.3 Å². The SMILES string of the molecule is S=C(N/N=C\c1ccncc1)Nc1ccc(Cl)c(Cl)c1. The lowest BCUT2D eigenvalue weighted by Gasteiger charge is -2.07. The Hall–Kier alpha value is -1.69. The van der Waals surface area contributed by atoms with Gasteiger partial charge >= 0.3 is 0 Å². The van der Waals surface area contributed by atoms with Gasteiger partial charge in [0.25, 0.3) is 0 Å². The fourth-order valence-corrected chi connectivity index (χ4v) is 1.82. The van der Waals surface area contributed by atoms with E-state index in [9.17, 15) is 0 Å². The fourth-order valence-electron chi connectivity index (χ4n) is 1.35. The van der Waals surface area contributed by atoms with Gasteiger partial charge in [-0.2, -0.15) is 5.10 Å². The van der Waals surface area contributed by atoms with Gasteiger partial charge in [0.15, 0.2) is 5.11 Å². The summed E-state index contributed by atoms with van der Waals surface area (Å²) < 4.78 is 0. The summed E-state index contributed by atoms with van der Waals surface area (Å²) in [6.45, 7) is 0. The first-order valence-electron chi connectivity index (χ1n) is 5.60. The van der Waals surface area contributed by atoms with E-state index in [4.69, 9.17) is 35.4 Å². The molecule has 0 amide bonds. The number of hydrogen-bond donors (Lipinski definition) is 2. The van der Waals surface area contributed by atoms with Crippen molar-refractivity contribution in [1.29, 1.82) is 0 Å². The second-order valence-corrected chi connectivity index (χ2v) is 4.96. The molecule has 0 aliphatic carbocycles. The van der Waals surface area contributed by atoms with E-state index in [-0.39, 0.29) is 0 Å². The number of thiocarbonyl (C=S) groups is 1. The molecule has 7 heteroatoms. The van der Waals surface area contributed by atoms with E-state index in [0.717, 1.165) is 11.3 Å². The smallest absolute Gasteiger partial charge is 0.191 e. The highest BCUT2D eigenvalue weighted by molar-refractivity contribution is 7.80. The number of anilines is 1. The van der Waals surface area contributed by atoms with Crippen LogP contribution in [-0.2, 0) is 0 Å². The molecule has 0 bridgehead atoms. The van der Waals surface area contributed by atoms with Crippen molar-refractivity contribution < 1.29 is 0 Å². The van der Waals surface area contributed by atoms with Crippen molar-refractivity contribution in [2.45, 2.75) is 0 Å². The van der Waals surface area contributed by atoms with Gasteiger partial charge in [-0.25, -0.2) is 0 Å². The largest absolute Gasteiger partial charge is 0.331 e. The molecule has 2 aromatic rings. The first-order chi connectivity index (χ1) is 9.65. The summed E-state index contributed by atoms with van der Waals surface area (Å²) in [6, 6.07) is 8.82. The molecule has 1 aromatic carbocycles. The molecular weight excluding hydrogens is 315 g/mol. The molecule has 0 spiro atoms. The molecule has 0 aliphatic rings. The molecule has 2 N–H and O–H groups in total. The fraction of sp³-hybridized carbons (Fsp3) is 0. The van der Waals surface area contributed by atoms with E-state index in [2.05, 4.69) is 20.8 Å². The molecule has 2 rings (SSSR count). The Morgan fingerprint density at radius 3 is 2.60 bits per heavy atom. The lowest BCUT2D eigenvalue weighted by molar-refractivity contribution is 1.05. The molecule has 0 saturated heterocycles. The summed E-state index contributed by atoms with van der Waals surface area (Å²) in [5.74, 6) is 0. The Bertz CT molecular complexity index is 632. The molecule has 0 unspecified atom stereocenters. The molecular formula is C13H10Cl2N4S. The van der Waals surface area contributed by atoms with Gasteiger partial charge in [-0.1, -0.05) is 23.2 Å². The number of rotatable bonds is 3. The van der Waals surface area contributed by atoms with E-state index >= 15 is 0 Å². The number of hydrogen-bond acceptors (Lipinski definition) is 3. The molecule has 4 nitrogen and oxygen atoms in total. The van der Waals surface area contributed by atoms with Crippen LogP contribution in [0.25, 0.3) is 0 Å². The van der Waals surface area contributed by atoms with Crippen molar-refractivity contribution in [1.82, 2.24) is 10.4 Å². The number of nitrogens with zero attached hydrogens (tertiary/aromatic N) is 2. The van der Waals surface area contributed by atoms with Gasteiger partial charge in [0.2, 0.25) is 0 Å². The Morgan fingerprint density at radius 2 is 1.90 bits per heavy atom. The number of aromatic nitrogens is 1. The van der Waals surface area contributed by atoms with Crippen molar-refractivity contribution in [3.05, 3.63) is 58.3 Å². The lowest BCUT2D eigenvalue weighted by atomic mass is 10.3. The highest BCUT2D eigenvalue weighted by atomic mass is 35.5. The summed E-state index contributed by atoms with van der Waals surface area (Å²) in [6.07, 6.45) is 5.02. The summed E-state index contributed by atoms with van der Waals surface area (Å²) in [5, 5.41) is 8.27. The van der Waals surface area contributed by atoms with Gasteiger partial charge in [-0.05, 0) is 48.1 Å². The van der Waals surface area contributed by atoms with Crippen molar-refractivity contribution >= 4 is 52.4 Å². The Balaban J connectivity index is 1.89. The molecule has 0 atom stereocenters. The van der Waals surface area contributed by atoms with Crippen LogP contribution in [0.2, 0.25) is 10.0 Å². The topological polar surface area (TPSA) is 49.3 Å². The number of halogens is 2. The normalized spacial score (nSPS) is 10.5. The van der Waals surface area contributed by atoms with Crippen molar-refractivity contribution in [3.63, 3.8) is 0 Å². The molecule has 0 fully saturated rings. The second-order valence-electron chi connectivity index (χ2n) is 3.73. The number of pyridine rings is 1. The van der Waals surface area contributed by atoms with Gasteiger partial charge in [0.1, 0.15) is 0 Å². The van der Waals surface area contributed by atoms with E-state index in [0.29, 0.717) is 15.2 Å². The standard InChI is InChI=1S/C13H10Cl2N4S/c14-11-2-1-10(7-12(11)15)18-13(20)19-17-8-9-3-5-16-6-4-9/h1-8H,(H2,18,19,20)/b17-8-. The van der Waals surface area contributed by atoms with Gasteiger partial charge < -0.3 is 5.32 Å². The highest BCUT2D eigenvalue weighted by Crippen LogP contribution is 2.24. The molecule has 0 aliphatic heterocycles. The first kappa shape index (κ1) is 14.7. The zero-order valence-electron chi connectivity index (χ0n) is 10.2. The maximum atomic E-state index is 5.91. The van der Waals surface area contributed by atoms with Crippen LogP contribution in [0.1, 0.15) is 5.56 Å². The third kappa shape index (κ3) is 4.45. The van der Waals surface area contributed by atoms with Crippen molar-refractivity contribution in [2.24, 2.45) is 5.10 Å². The molecule has 0 radical (unpaired) electrons. The van der Waals surface area contributed by atoms with Crippen LogP contribution < -0.4 is 10.7 Å². The van der Waals surface area contributed by atoms with Crippen LogP contribution >= 0.6 is 35.4 Å². The highest BCUT2D eigenvalue weighted by Gasteiger charge is 2.00. The van der Waals surface area contributed by atoms with Gasteiger partial charge in [-0.15, -0.1) is 0 Å². The van der Waals surface area contributed by atoms with Gasteiger partial charge in [0.05, 0.1) is 16.3 Å². The minimum Gasteiger partial charge on any atom is -0.331 e. The average Bonchev–Trinajstić information content (AvgIpc) is 2.44. The third-order valence-electron chi connectivity index (χ3n) is 2.26. The summed E-state index contributed by atoms with van der Waals surface area (Å²) in [4.78, 5) is 3.92. The van der Waals surface area contributed by atoms with E-state index < -0.39 is 0 Å². The monoisotopic (exact) mass is 324 g/mol. The van der Waals surface area contributed by atoms with E-state index in [1.807, 2.05) is 12.1 Å². The molecule has 0 saturated carbocycles. The average molecular weight is 325 g/mol. The number of benzene rings is 1. The molecule has 1 heterocycles. The minimum absolute atomic E-state index is 0.355. The van der Waals surface area contributed by atoms with Crippen LogP contribution in [0.5, 0.6) is 0 Å². The quantitative estimate of drug-likeness (QED) is 0.513. The number of hydrazone groups is 1. The van der Waals surface area contributed by atoms with Gasteiger partial charge in [-0.3, -0.25) is 10.4 Å². The van der Waals surface area contributed by atoms with Crippen molar-refractivity contribution in [3.8, 4) is 0 Å². The zero-order valence-corrected chi connectivity index (χ0v) is 12.5. The van der Waals surface area contributed by atoms with Gasteiger partial charge in [0, 0.05) is 18.1 Å². The van der Waals surface area contributed by atoms with Crippen LogP contribution in [0.15, 0.2) is 47.8 Å². The lowest BCUT2D eigenvalue weighted by Crippen LogP contribution is -2.23. The Kier molecular flexibility index (Phi) is 5.29. The summed E-state index contributed by atoms with van der Waals surface area (Å²) in [7, 11) is 0. The Morgan fingerprint density at radius 1 is 1.15 bits per heavy atom. The molecule has 1 aromatic heterocycles. The zero-order chi connectivity index (χ0) is 14.4. The van der Waals surface area contributed by atoms with Crippen LogP contribution in [0, 0.1) is 0 Å². The summed E-state index contributed by atoms with van der Waals surface area (Å²) in [5.41, 5.74) is 4.36. The Labute approximate surface area is 131 Å². The maximum Gasteiger partial charge on any atom is 0.191 e. The summed E-state index contributed by atoms with van der Waals surface area (Å²) >= 11 is 16.8. The third-order valence-corrected chi connectivity index (χ3v) is 3.20. The van der Waals surface area contributed by atoms with Crippen LogP contribution in [0.4, 0.5) is 5.69 Å². The predicted molar refractivity (Wildman–Crippen MR) is 87.6 cm³/mol. The van der Waals surface area contributed by atoms with E-state index in [1.54, 1.807) is 36.8 Å². The molecule has 102 valence electrons. The number of nitrogens with one attached hydrogen (secondary N) is 2. The maximum absolute atomic E-state index is 5.91. The van der Waals surface area contributed by atoms with Crippen molar-refractivity contribution in [2.75, 3.05) is 5.32 Å². The first-order valence-corrected chi connectivity index (χ1v) is 6.77. The molecule has 20 heavy (non-hydrogen) atoms.